The summed E-state index contributed by atoms with van der Waals surface area (Å²) >= 11 is 6.98. The molecule has 0 amide bonds. The zero-order valence-electron chi connectivity index (χ0n) is 38.1. The fourth-order valence-electron chi connectivity index (χ4n) is 12.9. The van der Waals surface area contributed by atoms with Gasteiger partial charge in [0.2, 0.25) is 0 Å². The van der Waals surface area contributed by atoms with Gasteiger partial charge < -0.3 is 37.2 Å². The van der Waals surface area contributed by atoms with E-state index in [1.807, 2.05) is 12.1 Å². The zero-order chi connectivity index (χ0) is 39.8. The van der Waals surface area contributed by atoms with Crippen molar-refractivity contribution in [3.05, 3.63) is 86.2 Å². The van der Waals surface area contributed by atoms with E-state index in [1.54, 1.807) is 11.1 Å². The minimum absolute atomic E-state index is 0. The summed E-state index contributed by atoms with van der Waals surface area (Å²) in [6.45, 7) is 0. The average Bonchev–Trinajstić information content (AvgIpc) is 3.31. The largest absolute Gasteiger partial charge is 1.00 e. The van der Waals surface area contributed by atoms with Crippen LogP contribution in [0.25, 0.3) is 0 Å². The normalized spacial score (nSPS) is 21.7. The maximum Gasteiger partial charge on any atom is 0.0835 e. The van der Waals surface area contributed by atoms with Gasteiger partial charge in [0.15, 0.2) is 0 Å². The summed E-state index contributed by atoms with van der Waals surface area (Å²) in [4.78, 5) is 16.3. The summed E-state index contributed by atoms with van der Waals surface area (Å²) in [5.74, 6) is 3.86. The van der Waals surface area contributed by atoms with Crippen molar-refractivity contribution in [1.82, 2.24) is 4.98 Å². The van der Waals surface area contributed by atoms with Crippen LogP contribution in [0.4, 0.5) is 11.4 Å². The topological polar surface area (TPSA) is 37.6 Å². The number of halogens is 4. The Kier molecular flexibility index (Phi) is 22.0. The van der Waals surface area contributed by atoms with Crippen LogP contribution in [-0.4, -0.2) is 17.4 Å². The van der Waals surface area contributed by atoms with E-state index in [1.165, 1.54) is 226 Å². The van der Waals surface area contributed by atoms with Crippen LogP contribution < -0.4 is 37.2 Å². The molecule has 0 bridgehead atoms. The third-order valence-electron chi connectivity index (χ3n) is 16.2. The van der Waals surface area contributed by atoms with Crippen molar-refractivity contribution in [2.45, 2.75) is 228 Å². The molecule has 9 rings (SSSR count). The van der Waals surface area contributed by atoms with Crippen molar-refractivity contribution in [2.24, 2.45) is 9.98 Å². The van der Waals surface area contributed by atoms with Gasteiger partial charge in [-0.05, 0) is 158 Å². The van der Waals surface area contributed by atoms with Gasteiger partial charge in [0.05, 0.1) is 35.2 Å². The second-order valence-electron chi connectivity index (χ2n) is 20.3. The number of pyridine rings is 1. The molecule has 1 aromatic heterocycles. The average molecular weight is 970 g/mol. The molecule has 3 nitrogen and oxygen atoms in total. The molecule has 3 aromatic rings. The first-order valence-electron chi connectivity index (χ1n) is 25.3. The maximum atomic E-state index is 6.98. The van der Waals surface area contributed by atoms with Crippen LogP contribution in [0, 0.1) is 0 Å². The molecule has 1 radical (unpaired) electrons. The van der Waals surface area contributed by atoms with Gasteiger partial charge in [-0.3, -0.25) is 9.98 Å². The van der Waals surface area contributed by atoms with Crippen LogP contribution in [0.3, 0.4) is 0 Å². The van der Waals surface area contributed by atoms with E-state index >= 15 is 0 Å². The molecule has 6 aliphatic carbocycles. The van der Waals surface area contributed by atoms with Gasteiger partial charge in [0.25, 0.3) is 0 Å². The Morgan fingerprint density at radius 2 is 0.603 bits per heavy atom. The van der Waals surface area contributed by atoms with E-state index in [2.05, 4.69) is 36.7 Å². The number of hydrogen-bond acceptors (Lipinski definition) is 3. The Hall–Kier alpha value is -1.33. The number of aromatic nitrogens is 1. The van der Waals surface area contributed by atoms with Crippen LogP contribution >= 0.6 is 11.6 Å². The Labute approximate surface area is 417 Å². The number of nitrogens with zero attached hydrogens (tertiary/aromatic N) is 3. The summed E-state index contributed by atoms with van der Waals surface area (Å²) in [7, 11) is 0. The Bertz CT molecular complexity index is 1700. The Morgan fingerprint density at radius 1 is 0.365 bits per heavy atom. The summed E-state index contributed by atoms with van der Waals surface area (Å²) < 4.78 is 0. The predicted molar refractivity (Wildman–Crippen MR) is 252 cm³/mol. The standard InChI is InChI=1S/C55H74ClN3.3ClH.V/c56-47-35-48(37-57-54-50(41-23-11-3-12-24-41)31-45(39-19-7-1-8-20-39)32-51(54)42-25-13-4-14-26-42)59-49(36-47)38-58-55-52(43-27-15-5-16-28-43)33-46(40-21-9-2-10-22-40)34-53(55)44-29-17-6-18-30-44;;;;/h31-44H,1-30H2;3*1H;/p-3. The van der Waals surface area contributed by atoms with Crippen LogP contribution in [0.1, 0.15) is 273 Å². The summed E-state index contributed by atoms with van der Waals surface area (Å²) in [6, 6.07) is 14.6. The molecule has 0 spiro atoms. The van der Waals surface area contributed by atoms with E-state index < -0.39 is 0 Å². The van der Waals surface area contributed by atoms with Crippen LogP contribution in [0.5, 0.6) is 0 Å². The molecule has 0 saturated heterocycles. The van der Waals surface area contributed by atoms with E-state index in [4.69, 9.17) is 26.6 Å². The number of hydrogen-bond donors (Lipinski definition) is 0. The van der Waals surface area contributed by atoms with Gasteiger partial charge in [-0.25, -0.2) is 4.98 Å². The number of benzene rings is 2. The van der Waals surface area contributed by atoms with E-state index in [0.29, 0.717) is 40.5 Å². The SMILES string of the molecule is Clc1cc(C=Nc2c(C3CCCCC3)cc(C3CCCCC3)cc2C2CCCCC2)nc(C=Nc2c(C3CCCCC3)cc(C3CCCCC3)cc2C2CCCCC2)c1.[Cl-].[Cl-].[Cl-].[V]. The van der Waals surface area contributed by atoms with Gasteiger partial charge in [0, 0.05) is 23.6 Å². The zero-order valence-corrected chi connectivity index (χ0v) is 42.5. The molecule has 0 unspecified atom stereocenters. The van der Waals surface area contributed by atoms with Crippen molar-refractivity contribution in [1.29, 1.82) is 0 Å². The second kappa shape index (κ2) is 26.3. The van der Waals surface area contributed by atoms with Gasteiger partial charge >= 0.3 is 0 Å². The monoisotopic (exact) mass is 967 g/mol. The molecule has 63 heavy (non-hydrogen) atoms. The van der Waals surface area contributed by atoms with E-state index in [9.17, 15) is 0 Å². The van der Waals surface area contributed by atoms with Gasteiger partial charge in [-0.1, -0.05) is 151 Å². The molecular formula is C55H74Cl4N3V-3. The molecule has 0 aliphatic heterocycles. The molecule has 2 aromatic carbocycles. The van der Waals surface area contributed by atoms with Crippen molar-refractivity contribution in [3.63, 3.8) is 0 Å². The Balaban J connectivity index is 0.00000187. The molecule has 0 atom stereocenters. The van der Waals surface area contributed by atoms with Crippen LogP contribution in [0.2, 0.25) is 5.02 Å². The van der Waals surface area contributed by atoms with E-state index in [0.717, 1.165) is 11.4 Å². The van der Waals surface area contributed by atoms with E-state index in [-0.39, 0.29) is 55.8 Å². The number of rotatable bonds is 10. The molecule has 6 saturated carbocycles. The Morgan fingerprint density at radius 3 is 0.857 bits per heavy atom. The quantitative estimate of drug-likeness (QED) is 0.188. The molecular weight excluding hydrogens is 895 g/mol. The minimum atomic E-state index is 0. The smallest absolute Gasteiger partial charge is 0.0835 e. The summed E-state index contributed by atoms with van der Waals surface area (Å²) in [6.07, 6.45) is 44.4. The van der Waals surface area contributed by atoms with Crippen LogP contribution in [-0.2, 0) is 18.6 Å². The first kappa shape index (κ1) is 52.6. The third kappa shape index (κ3) is 13.4. The molecule has 6 aliphatic rings. The number of aliphatic imine (C=N–C) groups is 2. The fraction of sp³-hybridized carbons (Fsp3) is 0.655. The molecule has 6 fully saturated rings. The van der Waals surface area contributed by atoms with Gasteiger partial charge in [-0.2, -0.15) is 0 Å². The fourth-order valence-corrected chi connectivity index (χ4v) is 13.1. The molecule has 0 N–H and O–H groups in total. The molecule has 1 heterocycles. The van der Waals surface area contributed by atoms with Crippen molar-refractivity contribution in [2.75, 3.05) is 0 Å². The first-order chi connectivity index (χ1) is 29.2. The van der Waals surface area contributed by atoms with Crippen molar-refractivity contribution < 1.29 is 55.8 Å². The van der Waals surface area contributed by atoms with Gasteiger partial charge in [-0.15, -0.1) is 0 Å². The van der Waals surface area contributed by atoms with Gasteiger partial charge in [0.1, 0.15) is 0 Å². The predicted octanol–water partition coefficient (Wildman–Crippen LogP) is 8.53. The van der Waals surface area contributed by atoms with Crippen LogP contribution in [0.15, 0.2) is 46.4 Å². The maximum absolute atomic E-state index is 6.98. The summed E-state index contributed by atoms with van der Waals surface area (Å²) in [5.41, 5.74) is 13.6. The minimum Gasteiger partial charge on any atom is -1.00 e. The molecule has 8 heteroatoms. The third-order valence-corrected chi connectivity index (χ3v) is 16.4. The molecule has 345 valence electrons. The second-order valence-corrected chi connectivity index (χ2v) is 20.7. The van der Waals surface area contributed by atoms with Crippen molar-refractivity contribution in [3.8, 4) is 0 Å². The summed E-state index contributed by atoms with van der Waals surface area (Å²) in [5, 5.41) is 0.711. The van der Waals surface area contributed by atoms with Crippen molar-refractivity contribution >= 4 is 35.4 Å². The first-order valence-corrected chi connectivity index (χ1v) is 25.7.